The average molecular weight is 266 g/mol. The van der Waals surface area contributed by atoms with Crippen molar-refractivity contribution in [3.63, 3.8) is 0 Å². The van der Waals surface area contributed by atoms with Gasteiger partial charge >= 0.3 is 0 Å². The number of hydrogen-bond donors (Lipinski definition) is 2. The van der Waals surface area contributed by atoms with Crippen LogP contribution >= 0.6 is 11.3 Å². The van der Waals surface area contributed by atoms with Crippen molar-refractivity contribution in [2.24, 2.45) is 5.92 Å². The third kappa shape index (κ3) is 4.10. The zero-order valence-electron chi connectivity index (χ0n) is 10.9. The maximum Gasteiger partial charge on any atom is 0.237 e. The van der Waals surface area contributed by atoms with Gasteiger partial charge in [0.2, 0.25) is 5.91 Å². The van der Waals surface area contributed by atoms with E-state index >= 15 is 0 Å². The third-order valence-corrected chi connectivity index (χ3v) is 4.28. The zero-order chi connectivity index (χ0) is 12.8. The highest BCUT2D eigenvalue weighted by Gasteiger charge is 2.20. The van der Waals surface area contributed by atoms with Gasteiger partial charge in [0.15, 0.2) is 0 Å². The number of rotatable bonds is 5. The minimum absolute atomic E-state index is 0.0349. The van der Waals surface area contributed by atoms with Gasteiger partial charge in [-0.1, -0.05) is 19.4 Å². The molecule has 18 heavy (non-hydrogen) atoms. The number of nitrogens with one attached hydrogen (secondary N) is 2. The van der Waals surface area contributed by atoms with E-state index in [0.29, 0.717) is 5.92 Å². The lowest BCUT2D eigenvalue weighted by Gasteiger charge is -2.23. The highest BCUT2D eigenvalue weighted by molar-refractivity contribution is 7.09. The fourth-order valence-electron chi connectivity index (χ4n) is 2.32. The molecule has 1 aliphatic heterocycles. The molecule has 2 heterocycles. The number of thiophene rings is 1. The van der Waals surface area contributed by atoms with Crippen LogP contribution in [-0.2, 0) is 11.2 Å². The van der Waals surface area contributed by atoms with Crippen molar-refractivity contribution in [3.8, 4) is 0 Å². The molecule has 1 fully saturated rings. The summed E-state index contributed by atoms with van der Waals surface area (Å²) < 4.78 is 0. The number of hydrogen-bond acceptors (Lipinski definition) is 3. The Balaban J connectivity index is 1.68. The predicted octanol–water partition coefficient (Wildman–Crippen LogP) is 2.18. The van der Waals surface area contributed by atoms with E-state index in [0.717, 1.165) is 32.4 Å². The minimum atomic E-state index is 0.0349. The maximum absolute atomic E-state index is 11.9. The van der Waals surface area contributed by atoms with E-state index in [9.17, 15) is 4.79 Å². The van der Waals surface area contributed by atoms with Gasteiger partial charge < -0.3 is 10.6 Å². The standard InChI is InChI=1S/C14H22N2OS/c1-11(9-12-5-4-8-18-12)10-16-14(17)13-6-2-3-7-15-13/h4-5,8,11,13,15H,2-3,6-7,9-10H2,1H3,(H,16,17). The van der Waals surface area contributed by atoms with Crippen molar-refractivity contribution >= 4 is 17.2 Å². The van der Waals surface area contributed by atoms with Crippen LogP contribution in [-0.4, -0.2) is 25.0 Å². The topological polar surface area (TPSA) is 41.1 Å². The maximum atomic E-state index is 11.9. The SMILES string of the molecule is CC(CNC(=O)C1CCCCN1)Cc1cccs1. The Morgan fingerprint density at radius 2 is 2.50 bits per heavy atom. The summed E-state index contributed by atoms with van der Waals surface area (Å²) in [5.74, 6) is 0.670. The molecule has 0 saturated carbocycles. The Morgan fingerprint density at radius 3 is 3.17 bits per heavy atom. The van der Waals surface area contributed by atoms with Crippen molar-refractivity contribution in [1.29, 1.82) is 0 Å². The first-order chi connectivity index (χ1) is 8.75. The number of amides is 1. The molecule has 4 heteroatoms. The summed E-state index contributed by atoms with van der Waals surface area (Å²) in [5.41, 5.74) is 0. The number of piperidine rings is 1. The molecule has 2 rings (SSSR count). The summed E-state index contributed by atoms with van der Waals surface area (Å²) in [7, 11) is 0. The van der Waals surface area contributed by atoms with Gasteiger partial charge in [0.1, 0.15) is 0 Å². The van der Waals surface area contributed by atoms with Crippen LogP contribution in [0.2, 0.25) is 0 Å². The lowest BCUT2D eigenvalue weighted by Crippen LogP contribution is -2.47. The quantitative estimate of drug-likeness (QED) is 0.857. The van der Waals surface area contributed by atoms with Crippen LogP contribution in [0.25, 0.3) is 0 Å². The molecule has 2 unspecified atom stereocenters. The van der Waals surface area contributed by atoms with Crippen molar-refractivity contribution in [1.82, 2.24) is 10.6 Å². The van der Waals surface area contributed by atoms with Gasteiger partial charge in [-0.15, -0.1) is 11.3 Å². The second-order valence-electron chi connectivity index (χ2n) is 5.14. The molecule has 0 bridgehead atoms. The van der Waals surface area contributed by atoms with Gasteiger partial charge in [-0.3, -0.25) is 4.79 Å². The molecule has 1 aliphatic rings. The summed E-state index contributed by atoms with van der Waals surface area (Å²) in [6, 6.07) is 4.27. The lowest BCUT2D eigenvalue weighted by atomic mass is 10.0. The molecule has 100 valence electrons. The normalized spacial score (nSPS) is 21.5. The van der Waals surface area contributed by atoms with Crippen LogP contribution in [0.5, 0.6) is 0 Å². The molecule has 0 radical (unpaired) electrons. The highest BCUT2D eigenvalue weighted by atomic mass is 32.1. The van der Waals surface area contributed by atoms with E-state index < -0.39 is 0 Å². The molecule has 1 aromatic heterocycles. The van der Waals surface area contributed by atoms with Crippen molar-refractivity contribution < 1.29 is 4.79 Å². The predicted molar refractivity (Wildman–Crippen MR) is 75.8 cm³/mol. The van der Waals surface area contributed by atoms with Crippen LogP contribution in [0.4, 0.5) is 0 Å². The largest absolute Gasteiger partial charge is 0.354 e. The molecule has 1 amide bonds. The Kier molecular flexibility index (Phi) is 5.20. The van der Waals surface area contributed by atoms with E-state index in [2.05, 4.69) is 35.1 Å². The first-order valence-corrected chi connectivity index (χ1v) is 7.67. The van der Waals surface area contributed by atoms with E-state index in [4.69, 9.17) is 0 Å². The molecule has 2 N–H and O–H groups in total. The smallest absolute Gasteiger partial charge is 0.237 e. The Hall–Kier alpha value is -0.870. The summed E-state index contributed by atoms with van der Waals surface area (Å²) in [5, 5.41) is 8.45. The van der Waals surface area contributed by atoms with Crippen LogP contribution in [0, 0.1) is 5.92 Å². The number of carbonyl (C=O) groups is 1. The van der Waals surface area contributed by atoms with Gasteiger partial charge in [-0.2, -0.15) is 0 Å². The van der Waals surface area contributed by atoms with E-state index in [-0.39, 0.29) is 11.9 Å². The van der Waals surface area contributed by atoms with E-state index in [1.807, 2.05) is 0 Å². The molecule has 0 spiro atoms. The van der Waals surface area contributed by atoms with Gasteiger partial charge in [0.05, 0.1) is 6.04 Å². The van der Waals surface area contributed by atoms with Crippen molar-refractivity contribution in [2.75, 3.05) is 13.1 Å². The van der Waals surface area contributed by atoms with Crippen LogP contribution < -0.4 is 10.6 Å². The highest BCUT2D eigenvalue weighted by Crippen LogP contribution is 2.14. The van der Waals surface area contributed by atoms with Gasteiger partial charge in [-0.05, 0) is 43.2 Å². The van der Waals surface area contributed by atoms with Crippen molar-refractivity contribution in [3.05, 3.63) is 22.4 Å². The Morgan fingerprint density at radius 1 is 1.61 bits per heavy atom. The summed E-state index contributed by atoms with van der Waals surface area (Å²) >= 11 is 1.79. The fraction of sp³-hybridized carbons (Fsp3) is 0.643. The zero-order valence-corrected chi connectivity index (χ0v) is 11.8. The van der Waals surface area contributed by atoms with E-state index in [1.165, 1.54) is 11.3 Å². The van der Waals surface area contributed by atoms with E-state index in [1.54, 1.807) is 11.3 Å². The Labute approximate surface area is 113 Å². The monoisotopic (exact) mass is 266 g/mol. The molecule has 1 saturated heterocycles. The molecule has 2 atom stereocenters. The Bertz CT molecular complexity index is 358. The minimum Gasteiger partial charge on any atom is -0.354 e. The lowest BCUT2D eigenvalue weighted by molar-refractivity contribution is -0.123. The fourth-order valence-corrected chi connectivity index (χ4v) is 3.19. The first-order valence-electron chi connectivity index (χ1n) is 6.79. The van der Waals surface area contributed by atoms with Crippen LogP contribution in [0.3, 0.4) is 0 Å². The van der Waals surface area contributed by atoms with Crippen molar-refractivity contribution in [2.45, 2.75) is 38.6 Å². The van der Waals surface area contributed by atoms with Crippen LogP contribution in [0.15, 0.2) is 17.5 Å². The first kappa shape index (κ1) is 13.6. The number of carbonyl (C=O) groups excluding carboxylic acids is 1. The summed E-state index contributed by atoms with van der Waals surface area (Å²) in [6.07, 6.45) is 4.38. The summed E-state index contributed by atoms with van der Waals surface area (Å²) in [6.45, 7) is 3.94. The third-order valence-electron chi connectivity index (χ3n) is 3.38. The second kappa shape index (κ2) is 6.90. The summed E-state index contributed by atoms with van der Waals surface area (Å²) in [4.78, 5) is 13.3. The second-order valence-corrected chi connectivity index (χ2v) is 6.17. The van der Waals surface area contributed by atoms with Gasteiger partial charge in [-0.25, -0.2) is 0 Å². The van der Waals surface area contributed by atoms with Gasteiger partial charge in [0, 0.05) is 11.4 Å². The van der Waals surface area contributed by atoms with Crippen LogP contribution in [0.1, 0.15) is 31.1 Å². The van der Waals surface area contributed by atoms with Gasteiger partial charge in [0.25, 0.3) is 0 Å². The molecular weight excluding hydrogens is 244 g/mol. The molecular formula is C14H22N2OS. The molecule has 3 nitrogen and oxygen atoms in total. The molecule has 1 aromatic rings. The molecule has 0 aromatic carbocycles. The average Bonchev–Trinajstić information content (AvgIpc) is 2.90. The molecule has 0 aliphatic carbocycles.